The average molecular weight is 389 g/mol. The van der Waals surface area contributed by atoms with Crippen LogP contribution in [0.4, 0.5) is 24.0 Å². The lowest BCUT2D eigenvalue weighted by Gasteiger charge is -2.08. The highest BCUT2D eigenvalue weighted by Gasteiger charge is 2.30. The largest absolute Gasteiger partial charge is 0.422 e. The van der Waals surface area contributed by atoms with E-state index in [1.165, 1.54) is 12.1 Å². The van der Waals surface area contributed by atoms with Crippen molar-refractivity contribution in [3.05, 3.63) is 70.6 Å². The molecule has 2 aromatic heterocycles. The SMILES string of the molecule is O=c1oc2ccccc2cc1-c1nnc(Nc2cccc(C(F)(F)F)c2)s1. The third-order valence-corrected chi connectivity index (χ3v) is 4.61. The number of anilines is 2. The highest BCUT2D eigenvalue weighted by molar-refractivity contribution is 7.18. The molecule has 0 saturated heterocycles. The Hall–Kier alpha value is -3.20. The molecule has 2 heterocycles. The van der Waals surface area contributed by atoms with E-state index in [4.69, 9.17) is 4.42 Å². The van der Waals surface area contributed by atoms with Crippen LogP contribution in [0.3, 0.4) is 0 Å². The molecule has 0 saturated carbocycles. The number of nitrogens with zero attached hydrogens (tertiary/aromatic N) is 2. The van der Waals surface area contributed by atoms with Gasteiger partial charge in [-0.25, -0.2) is 4.79 Å². The van der Waals surface area contributed by atoms with E-state index in [0.29, 0.717) is 10.6 Å². The Labute approximate surface area is 154 Å². The van der Waals surface area contributed by atoms with Crippen molar-refractivity contribution in [2.24, 2.45) is 0 Å². The first kappa shape index (κ1) is 17.2. The fourth-order valence-corrected chi connectivity index (χ4v) is 3.26. The summed E-state index contributed by atoms with van der Waals surface area (Å²) in [6.07, 6.45) is -4.44. The third kappa shape index (κ3) is 3.54. The smallest absolute Gasteiger partial charge is 0.416 e. The van der Waals surface area contributed by atoms with Crippen molar-refractivity contribution in [2.45, 2.75) is 6.18 Å². The molecule has 0 amide bonds. The maximum absolute atomic E-state index is 12.8. The van der Waals surface area contributed by atoms with Gasteiger partial charge < -0.3 is 9.73 Å². The van der Waals surface area contributed by atoms with Gasteiger partial charge in [-0.3, -0.25) is 0 Å². The molecule has 0 spiro atoms. The van der Waals surface area contributed by atoms with Gasteiger partial charge in [-0.1, -0.05) is 35.6 Å². The molecule has 0 unspecified atom stereocenters. The predicted octanol–water partition coefficient (Wildman–Crippen LogP) is 5.07. The number of aromatic nitrogens is 2. The Kier molecular flexibility index (Phi) is 4.15. The van der Waals surface area contributed by atoms with Crippen LogP contribution in [0.25, 0.3) is 21.5 Å². The van der Waals surface area contributed by atoms with E-state index in [-0.39, 0.29) is 16.4 Å². The molecule has 0 aliphatic heterocycles. The number of alkyl halides is 3. The molecular formula is C18H10F3N3O2S. The van der Waals surface area contributed by atoms with Gasteiger partial charge in [0, 0.05) is 11.1 Å². The molecule has 136 valence electrons. The summed E-state index contributed by atoms with van der Waals surface area (Å²) < 4.78 is 43.7. The summed E-state index contributed by atoms with van der Waals surface area (Å²) in [6.45, 7) is 0. The number of hydrogen-bond donors (Lipinski definition) is 1. The number of fused-ring (bicyclic) bond motifs is 1. The fourth-order valence-electron chi connectivity index (χ4n) is 2.49. The van der Waals surface area contributed by atoms with Gasteiger partial charge in [0.1, 0.15) is 5.58 Å². The lowest BCUT2D eigenvalue weighted by molar-refractivity contribution is -0.137. The Morgan fingerprint density at radius 2 is 1.81 bits per heavy atom. The number of rotatable bonds is 3. The third-order valence-electron chi connectivity index (χ3n) is 3.74. The average Bonchev–Trinajstić information content (AvgIpc) is 3.09. The fraction of sp³-hybridized carbons (Fsp3) is 0.0556. The summed E-state index contributed by atoms with van der Waals surface area (Å²) >= 11 is 1.04. The van der Waals surface area contributed by atoms with Gasteiger partial charge in [-0.2, -0.15) is 13.2 Å². The van der Waals surface area contributed by atoms with E-state index >= 15 is 0 Å². The van der Waals surface area contributed by atoms with Gasteiger partial charge in [-0.15, -0.1) is 10.2 Å². The zero-order valence-corrected chi connectivity index (χ0v) is 14.3. The maximum Gasteiger partial charge on any atom is 0.416 e. The first-order valence-corrected chi connectivity index (χ1v) is 8.53. The first-order valence-electron chi connectivity index (χ1n) is 7.71. The van der Waals surface area contributed by atoms with E-state index in [1.54, 1.807) is 24.3 Å². The van der Waals surface area contributed by atoms with Crippen LogP contribution in [0.1, 0.15) is 5.56 Å². The lowest BCUT2D eigenvalue weighted by Crippen LogP contribution is -2.05. The molecule has 4 aromatic rings. The zero-order chi connectivity index (χ0) is 19.0. The van der Waals surface area contributed by atoms with Gasteiger partial charge in [-0.05, 0) is 30.3 Å². The Morgan fingerprint density at radius 3 is 2.63 bits per heavy atom. The van der Waals surface area contributed by atoms with Crippen LogP contribution in [0.5, 0.6) is 0 Å². The molecule has 0 bridgehead atoms. The monoisotopic (exact) mass is 389 g/mol. The summed E-state index contributed by atoms with van der Waals surface area (Å²) in [6, 6.07) is 13.4. The molecule has 2 aromatic carbocycles. The van der Waals surface area contributed by atoms with Crippen LogP contribution < -0.4 is 10.9 Å². The highest BCUT2D eigenvalue weighted by Crippen LogP contribution is 2.32. The summed E-state index contributed by atoms with van der Waals surface area (Å²) in [5, 5.41) is 11.9. The minimum Gasteiger partial charge on any atom is -0.422 e. The highest BCUT2D eigenvalue weighted by atomic mass is 32.1. The van der Waals surface area contributed by atoms with Crippen molar-refractivity contribution in [1.29, 1.82) is 0 Å². The predicted molar refractivity (Wildman–Crippen MR) is 96.1 cm³/mol. The van der Waals surface area contributed by atoms with Crippen molar-refractivity contribution in [2.75, 3.05) is 5.32 Å². The van der Waals surface area contributed by atoms with E-state index in [9.17, 15) is 18.0 Å². The second-order valence-electron chi connectivity index (χ2n) is 5.60. The number of nitrogens with one attached hydrogen (secondary N) is 1. The van der Waals surface area contributed by atoms with Gasteiger partial charge in [0.25, 0.3) is 0 Å². The van der Waals surface area contributed by atoms with Crippen LogP contribution >= 0.6 is 11.3 Å². The summed E-state index contributed by atoms with van der Waals surface area (Å²) in [4.78, 5) is 12.2. The lowest BCUT2D eigenvalue weighted by atomic mass is 10.2. The molecule has 0 fully saturated rings. The topological polar surface area (TPSA) is 68.0 Å². The molecule has 9 heteroatoms. The minimum atomic E-state index is -4.44. The quantitative estimate of drug-likeness (QED) is 0.495. The van der Waals surface area contributed by atoms with Gasteiger partial charge in [0.05, 0.1) is 11.1 Å². The molecule has 0 atom stereocenters. The summed E-state index contributed by atoms with van der Waals surface area (Å²) in [7, 11) is 0. The van der Waals surface area contributed by atoms with E-state index in [0.717, 1.165) is 28.9 Å². The van der Waals surface area contributed by atoms with Crippen molar-refractivity contribution >= 4 is 33.1 Å². The van der Waals surface area contributed by atoms with Crippen molar-refractivity contribution < 1.29 is 17.6 Å². The standard InChI is InChI=1S/C18H10F3N3O2S/c19-18(20,21)11-5-3-6-12(9-11)22-17-24-23-15(27-17)13-8-10-4-1-2-7-14(10)26-16(13)25/h1-9H,(H,22,24). The summed E-state index contributed by atoms with van der Waals surface area (Å²) in [5.41, 5.74) is -0.415. The molecule has 0 aliphatic rings. The number of para-hydroxylation sites is 1. The number of halogens is 3. The van der Waals surface area contributed by atoms with Crippen molar-refractivity contribution in [3.8, 4) is 10.6 Å². The second-order valence-corrected chi connectivity index (χ2v) is 6.58. The van der Waals surface area contributed by atoms with Crippen LogP contribution in [-0.2, 0) is 6.18 Å². The molecule has 4 rings (SSSR count). The van der Waals surface area contributed by atoms with Crippen LogP contribution in [0.15, 0.2) is 63.8 Å². The molecule has 27 heavy (non-hydrogen) atoms. The van der Waals surface area contributed by atoms with E-state index < -0.39 is 17.4 Å². The zero-order valence-electron chi connectivity index (χ0n) is 13.4. The van der Waals surface area contributed by atoms with E-state index in [2.05, 4.69) is 15.5 Å². The number of hydrogen-bond acceptors (Lipinski definition) is 6. The molecule has 5 nitrogen and oxygen atoms in total. The Bertz CT molecular complexity index is 1180. The Morgan fingerprint density at radius 1 is 1.00 bits per heavy atom. The van der Waals surface area contributed by atoms with Crippen LogP contribution in [0.2, 0.25) is 0 Å². The molecule has 0 radical (unpaired) electrons. The second kappa shape index (κ2) is 6.51. The molecular weight excluding hydrogens is 379 g/mol. The van der Waals surface area contributed by atoms with Crippen molar-refractivity contribution in [1.82, 2.24) is 10.2 Å². The molecule has 1 N–H and O–H groups in total. The van der Waals surface area contributed by atoms with Gasteiger partial charge in [0.15, 0.2) is 5.01 Å². The first-order chi connectivity index (χ1) is 12.9. The maximum atomic E-state index is 12.8. The summed E-state index contributed by atoms with van der Waals surface area (Å²) in [5.74, 6) is 0. The minimum absolute atomic E-state index is 0.220. The Balaban J connectivity index is 1.65. The van der Waals surface area contributed by atoms with Crippen molar-refractivity contribution in [3.63, 3.8) is 0 Å². The number of benzene rings is 2. The van der Waals surface area contributed by atoms with Gasteiger partial charge in [0.2, 0.25) is 5.13 Å². The van der Waals surface area contributed by atoms with Crippen LogP contribution in [0, 0.1) is 0 Å². The van der Waals surface area contributed by atoms with Gasteiger partial charge >= 0.3 is 11.8 Å². The van der Waals surface area contributed by atoms with E-state index in [1.807, 2.05) is 6.07 Å². The van der Waals surface area contributed by atoms with Crippen LogP contribution in [-0.4, -0.2) is 10.2 Å². The molecule has 0 aliphatic carbocycles. The normalized spacial score (nSPS) is 11.7.